The Morgan fingerprint density at radius 2 is 2.32 bits per heavy atom. The number of nitrogens with zero attached hydrogens (tertiary/aromatic N) is 4. The standard InChI is InChI=1S/C17H19N7O/c25-17(20-13-4-5-15-12(9-13)10-19-22-15)21-16-6-8-24(23-16)11-14-3-1-2-7-18-14/h1-3,6-8,10,13H,4-5,9,11H2,(H,19,22)(H2,20,21,23,25)/t13-/m0/s1. The number of carbonyl (C=O) groups excluding carboxylic acids is 1. The molecule has 25 heavy (non-hydrogen) atoms. The lowest BCUT2D eigenvalue weighted by Gasteiger charge is -2.22. The Kier molecular flexibility index (Phi) is 4.16. The molecule has 8 heteroatoms. The Hall–Kier alpha value is -3.16. The SMILES string of the molecule is O=C(Nc1ccn(Cc2ccccn2)n1)N[C@H]1CCc2[nH]ncc2C1. The average molecular weight is 337 g/mol. The van der Waals surface area contributed by atoms with E-state index in [0.29, 0.717) is 12.4 Å². The first-order valence-electron chi connectivity index (χ1n) is 8.28. The Morgan fingerprint density at radius 3 is 3.20 bits per heavy atom. The van der Waals surface area contributed by atoms with Crippen molar-refractivity contribution in [2.75, 3.05) is 5.32 Å². The number of anilines is 1. The summed E-state index contributed by atoms with van der Waals surface area (Å²) in [6.45, 7) is 0.566. The van der Waals surface area contributed by atoms with Crippen LogP contribution in [0.25, 0.3) is 0 Å². The summed E-state index contributed by atoms with van der Waals surface area (Å²) < 4.78 is 1.75. The second kappa shape index (κ2) is 6.76. The van der Waals surface area contributed by atoms with E-state index < -0.39 is 0 Å². The van der Waals surface area contributed by atoms with Crippen LogP contribution in [0.4, 0.5) is 10.6 Å². The smallest absolute Gasteiger partial charge is 0.320 e. The fourth-order valence-corrected chi connectivity index (χ4v) is 3.05. The molecular formula is C17H19N7O. The van der Waals surface area contributed by atoms with Crippen molar-refractivity contribution in [1.82, 2.24) is 30.3 Å². The molecule has 0 radical (unpaired) electrons. The highest BCUT2D eigenvalue weighted by atomic mass is 16.2. The molecule has 0 fully saturated rings. The molecule has 1 aliphatic rings. The Balaban J connectivity index is 1.31. The second-order valence-electron chi connectivity index (χ2n) is 6.13. The van der Waals surface area contributed by atoms with Gasteiger partial charge in [-0.15, -0.1) is 0 Å². The number of rotatable bonds is 4. The highest BCUT2D eigenvalue weighted by molar-refractivity contribution is 5.88. The number of carbonyl (C=O) groups is 1. The lowest BCUT2D eigenvalue weighted by Crippen LogP contribution is -2.41. The molecule has 128 valence electrons. The van der Waals surface area contributed by atoms with E-state index in [4.69, 9.17) is 0 Å². The van der Waals surface area contributed by atoms with Gasteiger partial charge in [-0.1, -0.05) is 6.07 Å². The summed E-state index contributed by atoms with van der Waals surface area (Å²) >= 11 is 0. The topological polar surface area (TPSA) is 101 Å². The molecule has 3 N–H and O–H groups in total. The van der Waals surface area contributed by atoms with E-state index in [9.17, 15) is 4.79 Å². The molecule has 1 atom stereocenters. The Bertz CT molecular complexity index is 855. The summed E-state index contributed by atoms with van der Waals surface area (Å²) in [5.41, 5.74) is 3.27. The van der Waals surface area contributed by atoms with Crippen LogP contribution in [0.1, 0.15) is 23.4 Å². The number of fused-ring (bicyclic) bond motifs is 1. The summed E-state index contributed by atoms with van der Waals surface area (Å²) in [5, 5.41) is 17.2. The van der Waals surface area contributed by atoms with Crippen molar-refractivity contribution in [3.63, 3.8) is 0 Å². The monoisotopic (exact) mass is 337 g/mol. The minimum absolute atomic E-state index is 0.112. The maximum atomic E-state index is 12.2. The van der Waals surface area contributed by atoms with Gasteiger partial charge in [0.15, 0.2) is 5.82 Å². The molecule has 0 bridgehead atoms. The van der Waals surface area contributed by atoms with Crippen LogP contribution in [-0.2, 0) is 19.4 Å². The molecule has 0 saturated carbocycles. The van der Waals surface area contributed by atoms with Crippen molar-refractivity contribution in [3.8, 4) is 0 Å². The number of nitrogens with one attached hydrogen (secondary N) is 3. The number of hydrogen-bond donors (Lipinski definition) is 3. The zero-order chi connectivity index (χ0) is 17.1. The molecule has 0 unspecified atom stereocenters. The molecule has 3 aromatic heterocycles. The molecule has 0 aromatic carbocycles. The third-order valence-corrected chi connectivity index (χ3v) is 4.28. The molecular weight excluding hydrogens is 318 g/mol. The van der Waals surface area contributed by atoms with E-state index in [1.54, 1.807) is 16.9 Å². The number of aromatic nitrogens is 5. The van der Waals surface area contributed by atoms with Gasteiger partial charge in [0.1, 0.15) is 0 Å². The van der Waals surface area contributed by atoms with Gasteiger partial charge in [-0.3, -0.25) is 20.1 Å². The van der Waals surface area contributed by atoms with Crippen LogP contribution in [0.5, 0.6) is 0 Å². The van der Waals surface area contributed by atoms with E-state index in [2.05, 4.69) is 30.9 Å². The van der Waals surface area contributed by atoms with Crippen molar-refractivity contribution in [2.45, 2.75) is 31.8 Å². The number of pyridine rings is 1. The van der Waals surface area contributed by atoms with E-state index in [-0.39, 0.29) is 12.1 Å². The van der Waals surface area contributed by atoms with Gasteiger partial charge < -0.3 is 5.32 Å². The van der Waals surface area contributed by atoms with Crippen molar-refractivity contribution >= 4 is 11.8 Å². The number of aryl methyl sites for hydroxylation is 1. The molecule has 2 amide bonds. The van der Waals surface area contributed by atoms with Crippen molar-refractivity contribution in [2.24, 2.45) is 0 Å². The molecule has 0 aliphatic heterocycles. The lowest BCUT2D eigenvalue weighted by atomic mass is 9.94. The maximum Gasteiger partial charge on any atom is 0.320 e. The summed E-state index contributed by atoms with van der Waals surface area (Å²) in [6, 6.07) is 7.41. The molecule has 1 aliphatic carbocycles. The first-order valence-corrected chi connectivity index (χ1v) is 8.28. The summed E-state index contributed by atoms with van der Waals surface area (Å²) in [7, 11) is 0. The summed E-state index contributed by atoms with van der Waals surface area (Å²) in [6.07, 6.45) is 8.01. The van der Waals surface area contributed by atoms with Gasteiger partial charge in [-0.05, 0) is 37.0 Å². The fraction of sp³-hybridized carbons (Fsp3) is 0.294. The first kappa shape index (κ1) is 15.4. The van der Waals surface area contributed by atoms with Gasteiger partial charge in [-0.2, -0.15) is 10.2 Å². The van der Waals surface area contributed by atoms with Crippen molar-refractivity contribution in [1.29, 1.82) is 0 Å². The highest BCUT2D eigenvalue weighted by Gasteiger charge is 2.21. The number of aromatic amines is 1. The third kappa shape index (κ3) is 3.68. The number of urea groups is 1. The quantitative estimate of drug-likeness (QED) is 0.675. The van der Waals surface area contributed by atoms with Crippen LogP contribution in [-0.4, -0.2) is 37.0 Å². The van der Waals surface area contributed by atoms with Crippen LogP contribution < -0.4 is 10.6 Å². The lowest BCUT2D eigenvalue weighted by molar-refractivity contribution is 0.247. The minimum Gasteiger partial charge on any atom is -0.335 e. The third-order valence-electron chi connectivity index (χ3n) is 4.28. The number of amides is 2. The van der Waals surface area contributed by atoms with E-state index >= 15 is 0 Å². The highest BCUT2D eigenvalue weighted by Crippen LogP contribution is 2.18. The predicted molar refractivity (Wildman–Crippen MR) is 92.1 cm³/mol. The van der Waals surface area contributed by atoms with Crippen molar-refractivity contribution < 1.29 is 4.79 Å². The van der Waals surface area contributed by atoms with Crippen LogP contribution in [0.15, 0.2) is 42.9 Å². The van der Waals surface area contributed by atoms with Crippen LogP contribution in [0, 0.1) is 0 Å². The van der Waals surface area contributed by atoms with Gasteiger partial charge in [0.25, 0.3) is 0 Å². The predicted octanol–water partition coefficient (Wildman–Crippen LogP) is 1.73. The Morgan fingerprint density at radius 1 is 1.36 bits per heavy atom. The second-order valence-corrected chi connectivity index (χ2v) is 6.13. The average Bonchev–Trinajstić information content (AvgIpc) is 3.24. The van der Waals surface area contributed by atoms with Gasteiger partial charge in [-0.25, -0.2) is 4.79 Å². The minimum atomic E-state index is -0.236. The molecule has 3 aromatic rings. The Labute approximate surface area is 144 Å². The van der Waals surface area contributed by atoms with Gasteiger partial charge in [0.2, 0.25) is 0 Å². The molecule has 3 heterocycles. The van der Waals surface area contributed by atoms with Gasteiger partial charge >= 0.3 is 6.03 Å². The molecule has 4 rings (SSSR count). The van der Waals surface area contributed by atoms with Gasteiger partial charge in [0.05, 0.1) is 18.4 Å². The van der Waals surface area contributed by atoms with E-state index in [1.165, 1.54) is 11.3 Å². The summed E-state index contributed by atoms with van der Waals surface area (Å²) in [4.78, 5) is 16.5. The zero-order valence-electron chi connectivity index (χ0n) is 13.6. The number of hydrogen-bond acceptors (Lipinski definition) is 4. The summed E-state index contributed by atoms with van der Waals surface area (Å²) in [5.74, 6) is 0.522. The van der Waals surface area contributed by atoms with E-state index in [1.807, 2.05) is 30.6 Å². The van der Waals surface area contributed by atoms with E-state index in [0.717, 1.165) is 25.0 Å². The fourth-order valence-electron chi connectivity index (χ4n) is 3.05. The van der Waals surface area contributed by atoms with Crippen LogP contribution in [0.3, 0.4) is 0 Å². The zero-order valence-corrected chi connectivity index (χ0v) is 13.6. The molecule has 0 spiro atoms. The van der Waals surface area contributed by atoms with Crippen molar-refractivity contribution in [3.05, 3.63) is 59.8 Å². The molecule has 0 saturated heterocycles. The first-order chi connectivity index (χ1) is 12.3. The molecule has 8 nitrogen and oxygen atoms in total. The largest absolute Gasteiger partial charge is 0.335 e. The van der Waals surface area contributed by atoms with Gasteiger partial charge in [0, 0.05) is 30.2 Å². The number of H-pyrrole nitrogens is 1. The van der Waals surface area contributed by atoms with Crippen LogP contribution in [0.2, 0.25) is 0 Å². The maximum absolute atomic E-state index is 12.2. The van der Waals surface area contributed by atoms with Crippen LogP contribution >= 0.6 is 0 Å². The normalized spacial score (nSPS) is 16.2.